The number of amides is 1. The van der Waals surface area contributed by atoms with Gasteiger partial charge in [0.15, 0.2) is 11.0 Å². The lowest BCUT2D eigenvalue weighted by Crippen LogP contribution is -2.44. The molecule has 2 aromatic rings. The van der Waals surface area contributed by atoms with Crippen molar-refractivity contribution >= 4 is 17.7 Å². The molecule has 1 heterocycles. The van der Waals surface area contributed by atoms with E-state index in [0.717, 1.165) is 29.5 Å². The number of nitrogens with zero attached hydrogens (tertiary/aromatic N) is 3. The van der Waals surface area contributed by atoms with Gasteiger partial charge in [-0.3, -0.25) is 4.79 Å². The lowest BCUT2D eigenvalue weighted by molar-refractivity contribution is -0.121. The van der Waals surface area contributed by atoms with Crippen LogP contribution < -0.4 is 5.32 Å². The zero-order valence-electron chi connectivity index (χ0n) is 16.7. The molecular formula is C21H30N4OS. The molecule has 0 radical (unpaired) electrons. The normalized spacial score (nSPS) is 21.0. The first-order valence-electron chi connectivity index (χ1n) is 9.97. The fraction of sp³-hybridized carbons (Fsp3) is 0.571. The van der Waals surface area contributed by atoms with Crippen LogP contribution in [0.1, 0.15) is 52.0 Å². The largest absolute Gasteiger partial charge is 0.352 e. The first kappa shape index (κ1) is 19.9. The highest BCUT2D eigenvalue weighted by Gasteiger charge is 2.26. The number of aromatic nitrogens is 3. The molecule has 3 atom stereocenters. The summed E-state index contributed by atoms with van der Waals surface area (Å²) < 4.78 is 2.10. The summed E-state index contributed by atoms with van der Waals surface area (Å²) in [5.41, 5.74) is 2.26. The zero-order valence-corrected chi connectivity index (χ0v) is 17.6. The van der Waals surface area contributed by atoms with Gasteiger partial charge in [-0.1, -0.05) is 55.8 Å². The van der Waals surface area contributed by atoms with Gasteiger partial charge in [0.25, 0.3) is 0 Å². The Balaban J connectivity index is 1.71. The first-order chi connectivity index (χ1) is 13.0. The van der Waals surface area contributed by atoms with E-state index in [1.807, 2.05) is 19.1 Å². The predicted molar refractivity (Wildman–Crippen MR) is 111 cm³/mol. The zero-order chi connectivity index (χ0) is 19.4. The standard InChI is InChI=1S/C21H30N4OS/c1-5-25-19(17-12-8-6-10-14(17)2)23-24-21(25)27-16(4)20(26)22-18-13-9-7-11-15(18)3/h6,8,10,12,15-16,18H,5,7,9,11,13H2,1-4H3,(H,22,26)/t15-,16+,18-/m0/s1. The van der Waals surface area contributed by atoms with Gasteiger partial charge in [-0.15, -0.1) is 10.2 Å². The summed E-state index contributed by atoms with van der Waals surface area (Å²) in [5, 5.41) is 12.7. The van der Waals surface area contributed by atoms with Crippen LogP contribution in [0.15, 0.2) is 29.4 Å². The van der Waals surface area contributed by atoms with E-state index in [0.29, 0.717) is 12.0 Å². The van der Waals surface area contributed by atoms with Crippen molar-refractivity contribution in [2.45, 2.75) is 76.4 Å². The number of nitrogens with one attached hydrogen (secondary N) is 1. The van der Waals surface area contributed by atoms with Gasteiger partial charge >= 0.3 is 0 Å². The van der Waals surface area contributed by atoms with E-state index >= 15 is 0 Å². The quantitative estimate of drug-likeness (QED) is 0.745. The van der Waals surface area contributed by atoms with E-state index in [1.165, 1.54) is 36.6 Å². The Morgan fingerprint density at radius 3 is 2.74 bits per heavy atom. The van der Waals surface area contributed by atoms with Gasteiger partial charge < -0.3 is 9.88 Å². The predicted octanol–water partition coefficient (Wildman–Crippen LogP) is 4.45. The second kappa shape index (κ2) is 8.91. The van der Waals surface area contributed by atoms with Gasteiger partial charge in [0.05, 0.1) is 5.25 Å². The van der Waals surface area contributed by atoms with Gasteiger partial charge in [0, 0.05) is 18.2 Å². The minimum atomic E-state index is -0.196. The smallest absolute Gasteiger partial charge is 0.233 e. The van der Waals surface area contributed by atoms with Crippen molar-refractivity contribution in [2.24, 2.45) is 5.92 Å². The fourth-order valence-electron chi connectivity index (χ4n) is 3.73. The average molecular weight is 387 g/mol. The Bertz CT molecular complexity index is 788. The minimum Gasteiger partial charge on any atom is -0.352 e. The van der Waals surface area contributed by atoms with Crippen molar-refractivity contribution < 1.29 is 4.79 Å². The maximum Gasteiger partial charge on any atom is 0.233 e. The highest BCUT2D eigenvalue weighted by atomic mass is 32.2. The molecule has 1 aliphatic carbocycles. The number of aryl methyl sites for hydroxylation is 1. The van der Waals surface area contributed by atoms with Crippen LogP contribution in [0, 0.1) is 12.8 Å². The third kappa shape index (κ3) is 4.54. The van der Waals surface area contributed by atoms with Crippen molar-refractivity contribution in [3.8, 4) is 11.4 Å². The second-order valence-electron chi connectivity index (χ2n) is 7.50. The molecule has 1 fully saturated rings. The highest BCUT2D eigenvalue weighted by molar-refractivity contribution is 8.00. The van der Waals surface area contributed by atoms with E-state index in [-0.39, 0.29) is 11.2 Å². The van der Waals surface area contributed by atoms with E-state index in [9.17, 15) is 4.79 Å². The number of benzene rings is 1. The van der Waals surface area contributed by atoms with E-state index in [2.05, 4.69) is 53.0 Å². The summed E-state index contributed by atoms with van der Waals surface area (Å²) >= 11 is 1.49. The minimum absolute atomic E-state index is 0.0989. The van der Waals surface area contributed by atoms with Crippen molar-refractivity contribution in [1.29, 1.82) is 0 Å². The second-order valence-corrected chi connectivity index (χ2v) is 8.81. The Hall–Kier alpha value is -1.82. The molecule has 0 bridgehead atoms. The number of hydrogen-bond acceptors (Lipinski definition) is 4. The summed E-state index contributed by atoms with van der Waals surface area (Å²) in [4.78, 5) is 12.7. The SMILES string of the molecule is CCn1c(S[C@H](C)C(=O)N[C@H]2CCCC[C@@H]2C)nnc1-c1ccccc1C. The van der Waals surface area contributed by atoms with Crippen LogP contribution in [-0.2, 0) is 11.3 Å². The summed E-state index contributed by atoms with van der Waals surface area (Å²) in [6, 6.07) is 8.50. The van der Waals surface area contributed by atoms with Crippen LogP contribution in [0.2, 0.25) is 0 Å². The Morgan fingerprint density at radius 2 is 2.04 bits per heavy atom. The molecule has 0 unspecified atom stereocenters. The van der Waals surface area contributed by atoms with Gasteiger partial charge in [-0.2, -0.15) is 0 Å². The van der Waals surface area contributed by atoms with Gasteiger partial charge in [-0.25, -0.2) is 0 Å². The molecule has 1 aliphatic rings. The molecule has 3 rings (SSSR count). The number of carbonyl (C=O) groups excluding carboxylic acids is 1. The fourth-order valence-corrected chi connectivity index (χ4v) is 4.65. The number of carbonyl (C=O) groups is 1. The molecule has 1 amide bonds. The first-order valence-corrected chi connectivity index (χ1v) is 10.9. The van der Waals surface area contributed by atoms with E-state index in [4.69, 9.17) is 0 Å². The summed E-state index contributed by atoms with van der Waals surface area (Å²) in [6.45, 7) is 9.13. The van der Waals surface area contributed by atoms with Crippen molar-refractivity contribution in [3.63, 3.8) is 0 Å². The molecule has 146 valence electrons. The van der Waals surface area contributed by atoms with Crippen LogP contribution in [0.3, 0.4) is 0 Å². The monoisotopic (exact) mass is 386 g/mol. The molecule has 0 aliphatic heterocycles. The maximum atomic E-state index is 12.7. The van der Waals surface area contributed by atoms with Crippen LogP contribution in [0.5, 0.6) is 0 Å². The number of rotatable bonds is 6. The summed E-state index contributed by atoms with van der Waals surface area (Å²) in [6.07, 6.45) is 4.78. The lowest BCUT2D eigenvalue weighted by atomic mass is 9.86. The Labute approximate surface area is 166 Å². The molecule has 0 saturated heterocycles. The third-order valence-corrected chi connectivity index (χ3v) is 6.59. The van der Waals surface area contributed by atoms with Crippen molar-refractivity contribution in [1.82, 2.24) is 20.1 Å². The van der Waals surface area contributed by atoms with Gasteiger partial charge in [0.1, 0.15) is 0 Å². The molecule has 1 aromatic carbocycles. The maximum absolute atomic E-state index is 12.7. The molecule has 27 heavy (non-hydrogen) atoms. The molecule has 1 saturated carbocycles. The third-order valence-electron chi connectivity index (χ3n) is 5.51. The van der Waals surface area contributed by atoms with Crippen molar-refractivity contribution in [2.75, 3.05) is 0 Å². The van der Waals surface area contributed by atoms with Gasteiger partial charge in [-0.05, 0) is 45.1 Å². The molecule has 1 aromatic heterocycles. The molecular weight excluding hydrogens is 356 g/mol. The average Bonchev–Trinajstić information content (AvgIpc) is 3.06. The molecule has 1 N–H and O–H groups in total. The van der Waals surface area contributed by atoms with E-state index in [1.54, 1.807) is 0 Å². The van der Waals surface area contributed by atoms with Crippen molar-refractivity contribution in [3.05, 3.63) is 29.8 Å². The van der Waals surface area contributed by atoms with Gasteiger partial charge in [0.2, 0.25) is 5.91 Å². The number of thioether (sulfide) groups is 1. The van der Waals surface area contributed by atoms with Crippen LogP contribution in [0.4, 0.5) is 0 Å². The molecule has 0 spiro atoms. The summed E-state index contributed by atoms with van der Waals surface area (Å²) in [7, 11) is 0. The summed E-state index contributed by atoms with van der Waals surface area (Å²) in [5.74, 6) is 1.53. The molecule has 5 nitrogen and oxygen atoms in total. The van der Waals surface area contributed by atoms with E-state index < -0.39 is 0 Å². The Kier molecular flexibility index (Phi) is 6.58. The molecule has 6 heteroatoms. The van der Waals surface area contributed by atoms with Crippen LogP contribution in [0.25, 0.3) is 11.4 Å². The highest BCUT2D eigenvalue weighted by Crippen LogP contribution is 2.29. The van der Waals surface area contributed by atoms with Crippen LogP contribution >= 0.6 is 11.8 Å². The number of hydrogen-bond donors (Lipinski definition) is 1. The topological polar surface area (TPSA) is 59.8 Å². The lowest BCUT2D eigenvalue weighted by Gasteiger charge is -2.30. The Morgan fingerprint density at radius 1 is 1.30 bits per heavy atom. The van der Waals surface area contributed by atoms with Crippen LogP contribution in [-0.4, -0.2) is 32.0 Å².